The van der Waals surface area contributed by atoms with E-state index in [9.17, 15) is 19.2 Å². The predicted molar refractivity (Wildman–Crippen MR) is 157 cm³/mol. The van der Waals surface area contributed by atoms with Crippen LogP contribution in [0.4, 0.5) is 5.69 Å². The third-order valence-electron chi connectivity index (χ3n) is 7.61. The number of rotatable bonds is 9. The van der Waals surface area contributed by atoms with Crippen molar-refractivity contribution in [2.24, 2.45) is 0 Å². The molecule has 216 valence electrons. The van der Waals surface area contributed by atoms with Crippen LogP contribution in [-0.4, -0.2) is 51.7 Å². The minimum Gasteiger partial charge on any atom is -0.465 e. The van der Waals surface area contributed by atoms with Gasteiger partial charge in [-0.15, -0.1) is 5.10 Å². The molecule has 0 saturated heterocycles. The Morgan fingerprint density at radius 1 is 0.952 bits per heavy atom. The van der Waals surface area contributed by atoms with Crippen LogP contribution in [0.25, 0.3) is 11.0 Å². The molecule has 0 radical (unpaired) electrons. The lowest BCUT2D eigenvalue weighted by atomic mass is 9.94. The SMILES string of the molecule is COC(=O)c1ccc(C(C(=O)NC2CCCCC2)N(C(=O)Cn2nnc3ccccc32)c2cccc(C(C)=O)c2)cc1. The van der Waals surface area contributed by atoms with Crippen LogP contribution in [0.1, 0.15) is 71.3 Å². The van der Waals surface area contributed by atoms with E-state index in [2.05, 4.69) is 15.6 Å². The average molecular weight is 568 g/mol. The Balaban J connectivity index is 1.60. The van der Waals surface area contributed by atoms with Crippen LogP contribution in [0.5, 0.6) is 0 Å². The topological polar surface area (TPSA) is 123 Å². The molecule has 1 aliphatic carbocycles. The first-order valence-electron chi connectivity index (χ1n) is 14.1. The van der Waals surface area contributed by atoms with Crippen molar-refractivity contribution in [1.82, 2.24) is 20.3 Å². The van der Waals surface area contributed by atoms with E-state index in [1.54, 1.807) is 54.6 Å². The fraction of sp³-hybridized carbons (Fsp3) is 0.312. The number of esters is 1. The Bertz CT molecular complexity index is 1610. The van der Waals surface area contributed by atoms with Crippen molar-refractivity contribution in [3.63, 3.8) is 0 Å². The molecule has 0 aliphatic heterocycles. The minimum atomic E-state index is -1.09. The van der Waals surface area contributed by atoms with Gasteiger partial charge in [-0.05, 0) is 61.7 Å². The molecule has 10 heteroatoms. The van der Waals surface area contributed by atoms with Gasteiger partial charge in [-0.2, -0.15) is 0 Å². The zero-order chi connectivity index (χ0) is 29.6. The number of nitrogens with zero attached hydrogens (tertiary/aromatic N) is 4. The number of methoxy groups -OCH3 is 1. The summed E-state index contributed by atoms with van der Waals surface area (Å²) in [5.74, 6) is -1.45. The molecule has 1 heterocycles. The number of ether oxygens (including phenoxy) is 1. The zero-order valence-electron chi connectivity index (χ0n) is 23.7. The number of anilines is 1. The number of fused-ring (bicyclic) bond motifs is 1. The Morgan fingerprint density at radius 2 is 1.69 bits per heavy atom. The molecule has 1 atom stereocenters. The van der Waals surface area contributed by atoms with Gasteiger partial charge in [0.25, 0.3) is 0 Å². The largest absolute Gasteiger partial charge is 0.465 e. The highest BCUT2D eigenvalue weighted by Gasteiger charge is 2.35. The number of benzene rings is 3. The molecule has 42 heavy (non-hydrogen) atoms. The second-order valence-corrected chi connectivity index (χ2v) is 10.5. The Morgan fingerprint density at radius 3 is 2.40 bits per heavy atom. The van der Waals surface area contributed by atoms with Crippen molar-refractivity contribution in [3.05, 3.63) is 89.5 Å². The molecule has 3 aromatic carbocycles. The summed E-state index contributed by atoms with van der Waals surface area (Å²) in [6, 6.07) is 19.3. The fourth-order valence-corrected chi connectivity index (χ4v) is 5.41. The smallest absolute Gasteiger partial charge is 0.337 e. The Labute approximate surface area is 243 Å². The molecule has 10 nitrogen and oxygen atoms in total. The number of Topliss-reactive ketones (excluding diaryl/α,β-unsaturated/α-hetero) is 1. The van der Waals surface area contributed by atoms with E-state index in [0.29, 0.717) is 33.4 Å². The van der Waals surface area contributed by atoms with Gasteiger partial charge in [0, 0.05) is 17.3 Å². The van der Waals surface area contributed by atoms with Crippen LogP contribution in [0.2, 0.25) is 0 Å². The van der Waals surface area contributed by atoms with Gasteiger partial charge in [0.05, 0.1) is 18.2 Å². The van der Waals surface area contributed by atoms with Gasteiger partial charge in [-0.1, -0.05) is 60.9 Å². The molecule has 1 fully saturated rings. The van der Waals surface area contributed by atoms with E-state index in [-0.39, 0.29) is 24.3 Å². The number of aromatic nitrogens is 3. The van der Waals surface area contributed by atoms with E-state index < -0.39 is 17.9 Å². The van der Waals surface area contributed by atoms with Crippen molar-refractivity contribution in [2.75, 3.05) is 12.0 Å². The van der Waals surface area contributed by atoms with Crippen LogP contribution in [-0.2, 0) is 20.9 Å². The van der Waals surface area contributed by atoms with E-state index >= 15 is 0 Å². The Hall–Kier alpha value is -4.86. The molecule has 4 aromatic rings. The summed E-state index contributed by atoms with van der Waals surface area (Å²) in [6.07, 6.45) is 4.88. The molecule has 5 rings (SSSR count). The number of carbonyl (C=O) groups excluding carboxylic acids is 4. The minimum absolute atomic E-state index is 0.0112. The number of nitrogens with one attached hydrogen (secondary N) is 1. The van der Waals surface area contributed by atoms with Crippen molar-refractivity contribution in [2.45, 2.75) is 57.7 Å². The second-order valence-electron chi connectivity index (χ2n) is 10.5. The third-order valence-corrected chi connectivity index (χ3v) is 7.61. The summed E-state index contributed by atoms with van der Waals surface area (Å²) in [5.41, 5.74) is 2.93. The predicted octanol–water partition coefficient (Wildman–Crippen LogP) is 4.64. The first-order chi connectivity index (χ1) is 20.4. The number of hydrogen-bond donors (Lipinski definition) is 1. The van der Waals surface area contributed by atoms with Gasteiger partial charge in [-0.3, -0.25) is 19.3 Å². The van der Waals surface area contributed by atoms with Crippen LogP contribution >= 0.6 is 0 Å². The van der Waals surface area contributed by atoms with Crippen LogP contribution in [0.15, 0.2) is 72.8 Å². The van der Waals surface area contributed by atoms with Crippen LogP contribution < -0.4 is 10.2 Å². The maximum absolute atomic E-state index is 14.3. The monoisotopic (exact) mass is 567 g/mol. The van der Waals surface area contributed by atoms with Crippen LogP contribution in [0, 0.1) is 0 Å². The number of amides is 2. The van der Waals surface area contributed by atoms with Gasteiger partial charge in [0.2, 0.25) is 11.8 Å². The normalized spacial score (nSPS) is 14.2. The molecule has 1 saturated carbocycles. The molecule has 0 spiro atoms. The summed E-state index contributed by atoms with van der Waals surface area (Å²) >= 11 is 0. The van der Waals surface area contributed by atoms with E-state index in [1.807, 2.05) is 18.2 Å². The first-order valence-corrected chi connectivity index (χ1v) is 14.1. The lowest BCUT2D eigenvalue weighted by Crippen LogP contribution is -2.48. The molecule has 0 bridgehead atoms. The van der Waals surface area contributed by atoms with Gasteiger partial charge in [0.1, 0.15) is 18.1 Å². The summed E-state index contributed by atoms with van der Waals surface area (Å²) < 4.78 is 6.33. The molecule has 1 N–H and O–H groups in total. The van der Waals surface area contributed by atoms with Gasteiger partial charge in [-0.25, -0.2) is 9.48 Å². The highest BCUT2D eigenvalue weighted by Crippen LogP contribution is 2.31. The second kappa shape index (κ2) is 12.8. The van der Waals surface area contributed by atoms with Gasteiger partial charge < -0.3 is 10.1 Å². The number of carbonyl (C=O) groups is 4. The maximum atomic E-state index is 14.3. The highest BCUT2D eigenvalue weighted by atomic mass is 16.5. The van der Waals surface area contributed by atoms with Crippen LogP contribution in [0.3, 0.4) is 0 Å². The Kier molecular flexibility index (Phi) is 8.71. The first kappa shape index (κ1) is 28.7. The van der Waals surface area contributed by atoms with Crippen molar-refractivity contribution < 1.29 is 23.9 Å². The molecule has 1 aliphatic rings. The lowest BCUT2D eigenvalue weighted by molar-refractivity contribution is -0.127. The lowest BCUT2D eigenvalue weighted by Gasteiger charge is -2.33. The molecule has 1 aromatic heterocycles. The fourth-order valence-electron chi connectivity index (χ4n) is 5.41. The zero-order valence-corrected chi connectivity index (χ0v) is 23.7. The quantitative estimate of drug-likeness (QED) is 0.231. The number of hydrogen-bond acceptors (Lipinski definition) is 7. The maximum Gasteiger partial charge on any atom is 0.337 e. The standard InChI is InChI=1S/C32H33N5O5/c1-21(38)24-9-8-12-26(19-24)37(29(39)20-36-28-14-7-6-13-27(28)34-35-36)30(31(40)33-25-10-4-3-5-11-25)22-15-17-23(18-16-22)32(41)42-2/h6-9,12-19,25,30H,3-5,10-11,20H2,1-2H3,(H,33,40). The number of ketones is 1. The summed E-state index contributed by atoms with van der Waals surface area (Å²) in [6.45, 7) is 1.25. The van der Waals surface area contributed by atoms with Gasteiger partial charge >= 0.3 is 5.97 Å². The molecule has 1 unspecified atom stereocenters. The van der Waals surface area contributed by atoms with Crippen molar-refractivity contribution >= 4 is 40.3 Å². The van der Waals surface area contributed by atoms with E-state index in [0.717, 1.165) is 32.1 Å². The van der Waals surface area contributed by atoms with E-state index in [4.69, 9.17) is 4.74 Å². The molecular formula is C32H33N5O5. The summed E-state index contributed by atoms with van der Waals surface area (Å²) in [4.78, 5) is 54.3. The van der Waals surface area contributed by atoms with E-state index in [1.165, 1.54) is 23.6 Å². The third kappa shape index (κ3) is 6.22. The van der Waals surface area contributed by atoms with Crippen molar-refractivity contribution in [1.29, 1.82) is 0 Å². The van der Waals surface area contributed by atoms with Gasteiger partial charge in [0.15, 0.2) is 5.78 Å². The summed E-state index contributed by atoms with van der Waals surface area (Å²) in [7, 11) is 1.30. The number of para-hydroxylation sites is 1. The average Bonchev–Trinajstić information content (AvgIpc) is 3.42. The molecular weight excluding hydrogens is 534 g/mol. The highest BCUT2D eigenvalue weighted by molar-refractivity contribution is 6.03. The summed E-state index contributed by atoms with van der Waals surface area (Å²) in [5, 5.41) is 11.5. The molecule has 2 amide bonds. The van der Waals surface area contributed by atoms with Crippen molar-refractivity contribution in [3.8, 4) is 0 Å².